The number of nitrogens with zero attached hydrogens (tertiary/aromatic N) is 2. The third kappa shape index (κ3) is 2.31. The van der Waals surface area contributed by atoms with Crippen LogP contribution >= 0.6 is 0 Å². The van der Waals surface area contributed by atoms with Gasteiger partial charge in [0.25, 0.3) is 0 Å². The minimum Gasteiger partial charge on any atom is -0.337 e. The quantitative estimate of drug-likeness (QED) is 0.397. The molecule has 3 N–H and O–H groups in total. The molecule has 0 radical (unpaired) electrons. The minimum atomic E-state index is 0.0380. The van der Waals surface area contributed by atoms with Gasteiger partial charge in [-0.2, -0.15) is 0 Å². The maximum Gasteiger partial charge on any atom is 0.126 e. The molecular weight excluding hydrogens is 164 g/mol. The molecule has 4 heteroatoms. The molecule has 4 nitrogen and oxygen atoms in total. The molecule has 0 aliphatic carbocycles. The van der Waals surface area contributed by atoms with Crippen molar-refractivity contribution in [2.24, 2.45) is 12.9 Å². The molecule has 0 aromatic carbocycles. The molecule has 70 valence electrons. The first-order valence-corrected chi connectivity index (χ1v) is 4.16. The first-order chi connectivity index (χ1) is 6.29. The highest BCUT2D eigenvalue weighted by Crippen LogP contribution is 2.14. The molecule has 0 saturated carbocycles. The average Bonchev–Trinajstić information content (AvgIpc) is 2.54. The van der Waals surface area contributed by atoms with Crippen LogP contribution in [0.3, 0.4) is 0 Å². The number of aryl methyl sites for hydroxylation is 1. The lowest BCUT2D eigenvalue weighted by atomic mass is 10.1. The molecule has 0 aliphatic heterocycles. The molecule has 1 rings (SSSR count). The van der Waals surface area contributed by atoms with E-state index in [2.05, 4.69) is 16.3 Å². The Bertz CT molecular complexity index is 297. The zero-order valence-electron chi connectivity index (χ0n) is 7.70. The second-order valence-corrected chi connectivity index (χ2v) is 2.86. The lowest BCUT2D eigenvalue weighted by molar-refractivity contribution is 0.484. The van der Waals surface area contributed by atoms with E-state index in [0.29, 0.717) is 6.42 Å². The summed E-state index contributed by atoms with van der Waals surface area (Å²) in [6.45, 7) is 0. The largest absolute Gasteiger partial charge is 0.337 e. The van der Waals surface area contributed by atoms with Crippen LogP contribution in [0.15, 0.2) is 12.4 Å². The normalized spacial score (nSPS) is 12.4. The summed E-state index contributed by atoms with van der Waals surface area (Å²) >= 11 is 0. The Labute approximate surface area is 78.1 Å². The van der Waals surface area contributed by atoms with Crippen LogP contribution in [0.2, 0.25) is 0 Å². The van der Waals surface area contributed by atoms with Crippen molar-refractivity contribution >= 4 is 0 Å². The van der Waals surface area contributed by atoms with Gasteiger partial charge in [-0.1, -0.05) is 0 Å². The molecular formula is C9H14N4. The zero-order chi connectivity index (χ0) is 9.68. The van der Waals surface area contributed by atoms with Crippen molar-refractivity contribution in [3.63, 3.8) is 0 Å². The molecule has 0 amide bonds. The number of imidazole rings is 1. The topological polar surface area (TPSA) is 55.9 Å². The van der Waals surface area contributed by atoms with Crippen LogP contribution in [-0.4, -0.2) is 9.55 Å². The van der Waals surface area contributed by atoms with Gasteiger partial charge in [0.1, 0.15) is 5.82 Å². The number of nitrogens with two attached hydrogens (primary N) is 1. The molecule has 0 spiro atoms. The van der Waals surface area contributed by atoms with Crippen LogP contribution in [0, 0.1) is 12.3 Å². The van der Waals surface area contributed by atoms with Gasteiger partial charge in [-0.25, -0.2) is 10.4 Å². The van der Waals surface area contributed by atoms with Crippen LogP contribution in [0.5, 0.6) is 0 Å². The summed E-state index contributed by atoms with van der Waals surface area (Å²) in [5.41, 5.74) is 2.70. The number of hydrogen-bond donors (Lipinski definition) is 2. The third-order valence-corrected chi connectivity index (χ3v) is 1.95. The average molecular weight is 178 g/mol. The molecule has 0 fully saturated rings. The van der Waals surface area contributed by atoms with E-state index in [0.717, 1.165) is 12.2 Å². The van der Waals surface area contributed by atoms with E-state index < -0.39 is 0 Å². The SMILES string of the molecule is C#CCCC(NN)c1nccn1C. The predicted octanol–water partition coefficient (Wildman–Crippen LogP) is 0.338. The second kappa shape index (κ2) is 4.65. The highest BCUT2D eigenvalue weighted by atomic mass is 15.3. The molecule has 1 aromatic rings. The highest BCUT2D eigenvalue weighted by molar-refractivity contribution is 4.99. The van der Waals surface area contributed by atoms with Crippen molar-refractivity contribution in [3.8, 4) is 12.3 Å². The summed E-state index contributed by atoms with van der Waals surface area (Å²) in [5, 5.41) is 0. The smallest absolute Gasteiger partial charge is 0.126 e. The van der Waals surface area contributed by atoms with Gasteiger partial charge in [-0.15, -0.1) is 12.3 Å². The van der Waals surface area contributed by atoms with E-state index in [1.807, 2.05) is 17.8 Å². The second-order valence-electron chi connectivity index (χ2n) is 2.86. The van der Waals surface area contributed by atoms with Crippen LogP contribution in [-0.2, 0) is 7.05 Å². The Morgan fingerprint density at radius 2 is 2.62 bits per heavy atom. The summed E-state index contributed by atoms with van der Waals surface area (Å²) in [5.74, 6) is 8.90. The van der Waals surface area contributed by atoms with Crippen molar-refractivity contribution < 1.29 is 0 Å². The summed E-state index contributed by atoms with van der Waals surface area (Å²) in [7, 11) is 1.93. The van der Waals surface area contributed by atoms with Gasteiger partial charge in [0.15, 0.2) is 0 Å². The first-order valence-electron chi connectivity index (χ1n) is 4.16. The molecule has 1 aromatic heterocycles. The summed E-state index contributed by atoms with van der Waals surface area (Å²) in [6, 6.07) is 0.0380. The van der Waals surface area contributed by atoms with E-state index in [1.165, 1.54) is 0 Å². The van der Waals surface area contributed by atoms with Crippen LogP contribution in [0.1, 0.15) is 24.7 Å². The molecule has 1 heterocycles. The Morgan fingerprint density at radius 3 is 3.08 bits per heavy atom. The Kier molecular flexibility index (Phi) is 3.50. The standard InChI is InChI=1S/C9H14N4/c1-3-4-5-8(12-10)9-11-6-7-13(9)2/h1,6-8,12H,4-5,10H2,2H3. The lowest BCUT2D eigenvalue weighted by Gasteiger charge is -2.13. The van der Waals surface area contributed by atoms with Gasteiger partial charge in [0.05, 0.1) is 6.04 Å². The van der Waals surface area contributed by atoms with Gasteiger partial charge in [0.2, 0.25) is 0 Å². The van der Waals surface area contributed by atoms with Crippen LogP contribution in [0.4, 0.5) is 0 Å². The maximum atomic E-state index is 5.40. The van der Waals surface area contributed by atoms with Gasteiger partial charge >= 0.3 is 0 Å². The molecule has 0 saturated heterocycles. The molecule has 1 atom stereocenters. The van der Waals surface area contributed by atoms with Gasteiger partial charge in [-0.3, -0.25) is 5.84 Å². The fraction of sp³-hybridized carbons (Fsp3) is 0.444. The van der Waals surface area contributed by atoms with E-state index in [1.54, 1.807) is 6.20 Å². The first kappa shape index (κ1) is 9.78. The van der Waals surface area contributed by atoms with Crippen LogP contribution < -0.4 is 11.3 Å². The van der Waals surface area contributed by atoms with Crippen molar-refractivity contribution in [1.29, 1.82) is 0 Å². The molecule has 0 bridgehead atoms. The lowest BCUT2D eigenvalue weighted by Crippen LogP contribution is -2.29. The zero-order valence-corrected chi connectivity index (χ0v) is 7.70. The number of terminal acetylenes is 1. The molecule has 13 heavy (non-hydrogen) atoms. The minimum absolute atomic E-state index is 0.0380. The summed E-state index contributed by atoms with van der Waals surface area (Å²) in [4.78, 5) is 4.19. The number of rotatable bonds is 4. The van der Waals surface area contributed by atoms with Gasteiger partial charge in [-0.05, 0) is 6.42 Å². The van der Waals surface area contributed by atoms with Crippen molar-refractivity contribution in [2.75, 3.05) is 0 Å². The fourth-order valence-electron chi connectivity index (χ4n) is 1.23. The Balaban J connectivity index is 2.68. The van der Waals surface area contributed by atoms with Gasteiger partial charge in [0, 0.05) is 25.9 Å². The molecule has 0 aliphatic rings. The van der Waals surface area contributed by atoms with E-state index in [-0.39, 0.29) is 6.04 Å². The fourth-order valence-corrected chi connectivity index (χ4v) is 1.23. The van der Waals surface area contributed by atoms with Crippen LogP contribution in [0.25, 0.3) is 0 Å². The van der Waals surface area contributed by atoms with E-state index in [4.69, 9.17) is 12.3 Å². The van der Waals surface area contributed by atoms with E-state index >= 15 is 0 Å². The molecule has 1 unspecified atom stereocenters. The number of hydrogen-bond acceptors (Lipinski definition) is 3. The number of hydrazine groups is 1. The number of aromatic nitrogens is 2. The van der Waals surface area contributed by atoms with Crippen molar-refractivity contribution in [1.82, 2.24) is 15.0 Å². The summed E-state index contributed by atoms with van der Waals surface area (Å²) < 4.78 is 1.93. The maximum absolute atomic E-state index is 5.40. The van der Waals surface area contributed by atoms with Crippen molar-refractivity contribution in [2.45, 2.75) is 18.9 Å². The summed E-state index contributed by atoms with van der Waals surface area (Å²) in [6.07, 6.45) is 10.3. The highest BCUT2D eigenvalue weighted by Gasteiger charge is 2.12. The van der Waals surface area contributed by atoms with Crippen molar-refractivity contribution in [3.05, 3.63) is 18.2 Å². The predicted molar refractivity (Wildman–Crippen MR) is 51.3 cm³/mol. The van der Waals surface area contributed by atoms with E-state index in [9.17, 15) is 0 Å². The third-order valence-electron chi connectivity index (χ3n) is 1.95. The number of nitrogens with one attached hydrogen (secondary N) is 1. The monoisotopic (exact) mass is 178 g/mol. The Morgan fingerprint density at radius 1 is 1.85 bits per heavy atom. The van der Waals surface area contributed by atoms with Gasteiger partial charge < -0.3 is 4.57 Å². The Hall–Kier alpha value is -1.31.